The van der Waals surface area contributed by atoms with Crippen molar-refractivity contribution in [2.45, 2.75) is 13.1 Å². The summed E-state index contributed by atoms with van der Waals surface area (Å²) in [6.07, 6.45) is -4.47. The number of thiocarbonyl (C=S) groups is 1. The fourth-order valence-electron chi connectivity index (χ4n) is 2.52. The summed E-state index contributed by atoms with van der Waals surface area (Å²) in [5.41, 5.74) is 6.11. The van der Waals surface area contributed by atoms with Crippen molar-refractivity contribution in [1.29, 1.82) is 0 Å². The third-order valence-corrected chi connectivity index (χ3v) is 4.07. The molecule has 0 atom stereocenters. The van der Waals surface area contributed by atoms with Gasteiger partial charge in [0.1, 0.15) is 5.76 Å². The van der Waals surface area contributed by atoms with Gasteiger partial charge in [-0.25, -0.2) is 0 Å². The zero-order chi connectivity index (χ0) is 21.0. The zero-order valence-corrected chi connectivity index (χ0v) is 15.9. The first kappa shape index (κ1) is 20.4. The number of nitrogens with one attached hydrogen (secondary N) is 3. The van der Waals surface area contributed by atoms with Gasteiger partial charge in [0.2, 0.25) is 0 Å². The van der Waals surface area contributed by atoms with Crippen LogP contribution in [0.5, 0.6) is 0 Å². The Bertz CT molecular complexity index is 1050. The van der Waals surface area contributed by atoms with Crippen molar-refractivity contribution < 1.29 is 22.4 Å². The number of amides is 1. The van der Waals surface area contributed by atoms with Crippen LogP contribution in [-0.2, 0) is 6.18 Å². The fourth-order valence-corrected chi connectivity index (χ4v) is 2.69. The Labute approximate surface area is 169 Å². The highest BCUT2D eigenvalue weighted by Gasteiger charge is 2.30. The fraction of sp³-hybridized carbons (Fsp3) is 0.100. The molecule has 150 valence electrons. The third kappa shape index (κ3) is 5.35. The molecule has 1 aromatic heterocycles. The molecule has 0 aliphatic heterocycles. The van der Waals surface area contributed by atoms with Crippen LogP contribution in [0.3, 0.4) is 0 Å². The molecular weight excluding hydrogens is 403 g/mol. The Morgan fingerprint density at radius 1 is 1.00 bits per heavy atom. The molecule has 3 aromatic rings. The van der Waals surface area contributed by atoms with Crippen molar-refractivity contribution >= 4 is 28.9 Å². The molecule has 0 unspecified atom stereocenters. The maximum absolute atomic E-state index is 12.9. The molecular formula is C20H16F3N3O2S. The van der Waals surface area contributed by atoms with E-state index in [9.17, 15) is 18.0 Å². The minimum Gasteiger partial charge on any atom is -0.451 e. The molecule has 9 heteroatoms. The predicted molar refractivity (Wildman–Crippen MR) is 107 cm³/mol. The Kier molecular flexibility index (Phi) is 5.88. The number of rotatable bonds is 3. The van der Waals surface area contributed by atoms with Crippen molar-refractivity contribution in [3.8, 4) is 11.3 Å². The summed E-state index contributed by atoms with van der Waals surface area (Å²) in [6, 6.07) is 14.9. The van der Waals surface area contributed by atoms with E-state index >= 15 is 0 Å². The molecule has 1 amide bonds. The Hall–Kier alpha value is -3.33. The van der Waals surface area contributed by atoms with E-state index in [-0.39, 0.29) is 22.2 Å². The monoisotopic (exact) mass is 419 g/mol. The molecule has 1 heterocycles. The number of anilines is 1. The van der Waals surface area contributed by atoms with Gasteiger partial charge in [0.05, 0.1) is 5.56 Å². The average Bonchev–Trinajstić information content (AvgIpc) is 3.16. The molecule has 0 radical (unpaired) electrons. The third-order valence-electron chi connectivity index (χ3n) is 3.87. The van der Waals surface area contributed by atoms with Crippen molar-refractivity contribution in [2.75, 3.05) is 5.32 Å². The minimum atomic E-state index is -4.47. The summed E-state index contributed by atoms with van der Waals surface area (Å²) < 4.78 is 43.9. The normalized spacial score (nSPS) is 11.0. The van der Waals surface area contributed by atoms with Crippen LogP contribution in [0.25, 0.3) is 11.3 Å². The number of hydrogen-bond donors (Lipinski definition) is 3. The molecule has 2 aromatic carbocycles. The molecule has 5 nitrogen and oxygen atoms in total. The SMILES string of the molecule is Cc1cccc(NC(=S)NNC(=O)c2ccc(-c3cccc(C(F)(F)F)c3)o2)c1. The molecule has 0 bridgehead atoms. The number of carbonyl (C=O) groups excluding carboxylic acids is 1. The lowest BCUT2D eigenvalue weighted by Crippen LogP contribution is -2.43. The van der Waals surface area contributed by atoms with Gasteiger partial charge >= 0.3 is 12.1 Å². The summed E-state index contributed by atoms with van der Waals surface area (Å²) in [7, 11) is 0. The van der Waals surface area contributed by atoms with E-state index in [1.54, 1.807) is 0 Å². The first-order valence-electron chi connectivity index (χ1n) is 8.44. The van der Waals surface area contributed by atoms with E-state index in [0.717, 1.165) is 23.4 Å². The molecule has 0 fully saturated rings. The lowest BCUT2D eigenvalue weighted by molar-refractivity contribution is -0.137. The van der Waals surface area contributed by atoms with Gasteiger partial charge < -0.3 is 9.73 Å². The van der Waals surface area contributed by atoms with Crippen LogP contribution in [-0.4, -0.2) is 11.0 Å². The van der Waals surface area contributed by atoms with Gasteiger partial charge in [-0.2, -0.15) is 13.2 Å². The quantitative estimate of drug-likeness (QED) is 0.416. The highest BCUT2D eigenvalue weighted by atomic mass is 32.1. The number of hydrogen-bond acceptors (Lipinski definition) is 3. The van der Waals surface area contributed by atoms with Crippen molar-refractivity contribution in [3.63, 3.8) is 0 Å². The minimum absolute atomic E-state index is 0.0803. The van der Waals surface area contributed by atoms with E-state index in [4.69, 9.17) is 16.6 Å². The number of aryl methyl sites for hydroxylation is 1. The van der Waals surface area contributed by atoms with Gasteiger partial charge in [0, 0.05) is 11.3 Å². The Morgan fingerprint density at radius 3 is 2.48 bits per heavy atom. The molecule has 0 spiro atoms. The second-order valence-corrected chi connectivity index (χ2v) is 6.55. The molecule has 3 rings (SSSR count). The summed E-state index contributed by atoms with van der Waals surface area (Å²) in [6.45, 7) is 1.93. The summed E-state index contributed by atoms with van der Waals surface area (Å²) in [4.78, 5) is 12.2. The smallest absolute Gasteiger partial charge is 0.416 e. The van der Waals surface area contributed by atoms with Crippen LogP contribution < -0.4 is 16.2 Å². The molecule has 0 aliphatic carbocycles. The van der Waals surface area contributed by atoms with E-state index in [2.05, 4.69) is 16.2 Å². The van der Waals surface area contributed by atoms with E-state index in [1.807, 2.05) is 31.2 Å². The number of furan rings is 1. The lowest BCUT2D eigenvalue weighted by atomic mass is 10.1. The van der Waals surface area contributed by atoms with E-state index in [1.165, 1.54) is 24.3 Å². The Balaban J connectivity index is 1.62. The average molecular weight is 419 g/mol. The second-order valence-electron chi connectivity index (χ2n) is 6.15. The van der Waals surface area contributed by atoms with Gasteiger partial charge in [0.15, 0.2) is 10.9 Å². The molecule has 29 heavy (non-hydrogen) atoms. The topological polar surface area (TPSA) is 66.3 Å². The zero-order valence-electron chi connectivity index (χ0n) is 15.1. The first-order chi connectivity index (χ1) is 13.7. The van der Waals surface area contributed by atoms with Gasteiger partial charge in [-0.15, -0.1) is 0 Å². The van der Waals surface area contributed by atoms with Crippen molar-refractivity contribution in [1.82, 2.24) is 10.9 Å². The van der Waals surface area contributed by atoms with Gasteiger partial charge in [-0.05, 0) is 61.1 Å². The highest BCUT2D eigenvalue weighted by molar-refractivity contribution is 7.80. The maximum Gasteiger partial charge on any atom is 0.416 e. The number of hydrazine groups is 1. The lowest BCUT2D eigenvalue weighted by Gasteiger charge is -2.11. The molecule has 3 N–H and O–H groups in total. The van der Waals surface area contributed by atoms with Crippen LogP contribution in [0.1, 0.15) is 21.7 Å². The molecule has 0 aliphatic rings. The summed E-state index contributed by atoms with van der Waals surface area (Å²) >= 11 is 5.10. The second kappa shape index (κ2) is 8.36. The molecule has 0 saturated heterocycles. The van der Waals surface area contributed by atoms with Gasteiger partial charge in [-0.3, -0.25) is 15.6 Å². The summed E-state index contributed by atoms with van der Waals surface area (Å²) in [5.74, 6) is -0.568. The van der Waals surface area contributed by atoms with Crippen molar-refractivity contribution in [3.05, 3.63) is 77.6 Å². The number of alkyl halides is 3. The first-order valence-corrected chi connectivity index (χ1v) is 8.85. The van der Waals surface area contributed by atoms with Gasteiger partial charge in [0.25, 0.3) is 0 Å². The predicted octanol–water partition coefficient (Wildman–Crippen LogP) is 4.91. The largest absolute Gasteiger partial charge is 0.451 e. The maximum atomic E-state index is 12.9. The van der Waals surface area contributed by atoms with Crippen molar-refractivity contribution in [2.24, 2.45) is 0 Å². The number of carbonyl (C=O) groups is 1. The summed E-state index contributed by atoms with van der Waals surface area (Å²) in [5, 5.41) is 3.07. The van der Waals surface area contributed by atoms with Crippen LogP contribution >= 0.6 is 12.2 Å². The standard InChI is InChI=1S/C20H16F3N3O2S/c1-12-4-2-7-15(10-12)24-19(29)26-25-18(27)17-9-8-16(28-17)13-5-3-6-14(11-13)20(21,22)23/h2-11H,1H3,(H,25,27)(H2,24,26,29). The Morgan fingerprint density at radius 2 is 1.76 bits per heavy atom. The van der Waals surface area contributed by atoms with Crippen LogP contribution in [0.2, 0.25) is 0 Å². The van der Waals surface area contributed by atoms with Crippen LogP contribution in [0.4, 0.5) is 18.9 Å². The number of benzene rings is 2. The van der Waals surface area contributed by atoms with Gasteiger partial charge in [-0.1, -0.05) is 24.3 Å². The van der Waals surface area contributed by atoms with Crippen LogP contribution in [0.15, 0.2) is 65.1 Å². The van der Waals surface area contributed by atoms with Crippen LogP contribution in [0, 0.1) is 6.92 Å². The van der Waals surface area contributed by atoms with E-state index in [0.29, 0.717) is 0 Å². The number of halogens is 3. The molecule has 0 saturated carbocycles. The van der Waals surface area contributed by atoms with E-state index < -0.39 is 17.6 Å². The highest BCUT2D eigenvalue weighted by Crippen LogP contribution is 2.32.